The number of piperidine rings is 1. The zero-order valence-corrected chi connectivity index (χ0v) is 15.4. The smallest absolute Gasteiger partial charge is 0.252 e. The zero-order chi connectivity index (χ0) is 17.0. The number of allylic oxidation sites excluding steroid dienone is 1. The van der Waals surface area contributed by atoms with Crippen LogP contribution < -0.4 is 5.32 Å². The van der Waals surface area contributed by atoms with E-state index in [1.165, 1.54) is 34.1 Å². The maximum absolute atomic E-state index is 12.5. The first-order chi connectivity index (χ1) is 11.6. The van der Waals surface area contributed by atoms with Gasteiger partial charge in [0.05, 0.1) is 0 Å². The van der Waals surface area contributed by atoms with Crippen LogP contribution in [0.25, 0.3) is 0 Å². The molecule has 3 rings (SSSR count). The predicted molar refractivity (Wildman–Crippen MR) is 95.4 cm³/mol. The van der Waals surface area contributed by atoms with Crippen LogP contribution in [0.1, 0.15) is 38.5 Å². The lowest BCUT2D eigenvalue weighted by atomic mass is 9.96. The van der Waals surface area contributed by atoms with Gasteiger partial charge in [-0.25, -0.2) is 8.42 Å². The van der Waals surface area contributed by atoms with E-state index >= 15 is 0 Å². The van der Waals surface area contributed by atoms with Gasteiger partial charge in [0, 0.05) is 25.6 Å². The molecular weight excluding hydrogens is 344 g/mol. The van der Waals surface area contributed by atoms with Crippen molar-refractivity contribution < 1.29 is 13.2 Å². The van der Waals surface area contributed by atoms with Crippen LogP contribution in [0, 0.1) is 5.92 Å². The first-order valence-corrected chi connectivity index (χ1v) is 10.9. The van der Waals surface area contributed by atoms with Gasteiger partial charge in [0.1, 0.15) is 4.21 Å². The lowest BCUT2D eigenvalue weighted by Gasteiger charge is -2.30. The van der Waals surface area contributed by atoms with Gasteiger partial charge in [-0.05, 0) is 50.0 Å². The summed E-state index contributed by atoms with van der Waals surface area (Å²) in [4.78, 5) is 12.3. The summed E-state index contributed by atoms with van der Waals surface area (Å²) in [6.45, 7) is 1.48. The van der Waals surface area contributed by atoms with E-state index in [9.17, 15) is 13.2 Å². The maximum atomic E-state index is 12.5. The highest BCUT2D eigenvalue weighted by molar-refractivity contribution is 7.91. The van der Waals surface area contributed by atoms with Crippen molar-refractivity contribution in [2.24, 2.45) is 5.92 Å². The van der Waals surface area contributed by atoms with Crippen LogP contribution >= 0.6 is 11.3 Å². The molecule has 0 aromatic carbocycles. The number of carbonyl (C=O) groups excluding carboxylic acids is 1. The van der Waals surface area contributed by atoms with E-state index in [1.807, 2.05) is 0 Å². The average Bonchev–Trinajstić information content (AvgIpc) is 3.16. The van der Waals surface area contributed by atoms with E-state index in [4.69, 9.17) is 0 Å². The van der Waals surface area contributed by atoms with E-state index < -0.39 is 10.0 Å². The highest BCUT2D eigenvalue weighted by atomic mass is 32.2. The van der Waals surface area contributed by atoms with Crippen molar-refractivity contribution in [3.05, 3.63) is 29.2 Å². The van der Waals surface area contributed by atoms with Crippen molar-refractivity contribution in [3.8, 4) is 0 Å². The second kappa shape index (κ2) is 7.80. The van der Waals surface area contributed by atoms with Crippen molar-refractivity contribution in [1.82, 2.24) is 9.62 Å². The molecule has 7 heteroatoms. The topological polar surface area (TPSA) is 66.5 Å². The van der Waals surface area contributed by atoms with E-state index in [1.54, 1.807) is 17.5 Å². The molecule has 0 unspecified atom stereocenters. The van der Waals surface area contributed by atoms with Gasteiger partial charge in [0.2, 0.25) is 5.91 Å². The number of nitrogens with one attached hydrogen (secondary N) is 1. The van der Waals surface area contributed by atoms with Gasteiger partial charge in [-0.3, -0.25) is 4.79 Å². The summed E-state index contributed by atoms with van der Waals surface area (Å²) in [6, 6.07) is 3.38. The minimum absolute atomic E-state index is 0.0645. The highest BCUT2D eigenvalue weighted by Crippen LogP contribution is 2.26. The van der Waals surface area contributed by atoms with Crippen LogP contribution in [0.4, 0.5) is 0 Å². The highest BCUT2D eigenvalue weighted by Gasteiger charge is 2.32. The van der Waals surface area contributed by atoms with Gasteiger partial charge in [-0.1, -0.05) is 17.7 Å². The number of sulfonamides is 1. The molecule has 1 aliphatic heterocycles. The quantitative estimate of drug-likeness (QED) is 0.813. The lowest BCUT2D eigenvalue weighted by Crippen LogP contribution is -2.43. The van der Waals surface area contributed by atoms with Crippen LogP contribution in [0.5, 0.6) is 0 Å². The normalized spacial score (nSPS) is 20.6. The molecule has 0 radical (unpaired) electrons. The summed E-state index contributed by atoms with van der Waals surface area (Å²) in [5.74, 6) is -0.0152. The van der Waals surface area contributed by atoms with E-state index in [0.29, 0.717) is 36.7 Å². The number of nitrogens with zero attached hydrogens (tertiary/aromatic N) is 1. The molecule has 0 spiro atoms. The van der Waals surface area contributed by atoms with Crippen molar-refractivity contribution in [2.75, 3.05) is 19.6 Å². The van der Waals surface area contributed by atoms with Crippen molar-refractivity contribution in [3.63, 3.8) is 0 Å². The number of carbonyl (C=O) groups is 1. The molecule has 2 heterocycles. The molecule has 1 N–H and O–H groups in total. The summed E-state index contributed by atoms with van der Waals surface area (Å²) in [6.07, 6.45) is 8.07. The number of thiophene rings is 1. The van der Waals surface area contributed by atoms with Gasteiger partial charge in [0.15, 0.2) is 0 Å². The molecule has 2 aliphatic rings. The first-order valence-electron chi connectivity index (χ1n) is 8.56. The summed E-state index contributed by atoms with van der Waals surface area (Å²) >= 11 is 1.24. The Kier molecular flexibility index (Phi) is 5.73. The molecule has 1 fully saturated rings. The van der Waals surface area contributed by atoms with Crippen LogP contribution in [-0.2, 0) is 14.8 Å². The molecule has 0 saturated carbocycles. The predicted octanol–water partition coefficient (Wildman–Crippen LogP) is 2.77. The Morgan fingerprint density at radius 2 is 2.08 bits per heavy atom. The number of hydrogen-bond acceptors (Lipinski definition) is 4. The van der Waals surface area contributed by atoms with Gasteiger partial charge in [0.25, 0.3) is 10.0 Å². The van der Waals surface area contributed by atoms with E-state index in [-0.39, 0.29) is 11.8 Å². The molecule has 1 aromatic rings. The molecule has 0 atom stereocenters. The Balaban J connectivity index is 1.49. The number of rotatable bonds is 5. The van der Waals surface area contributed by atoms with E-state index in [2.05, 4.69) is 11.4 Å². The van der Waals surface area contributed by atoms with E-state index in [0.717, 1.165) is 12.8 Å². The lowest BCUT2D eigenvalue weighted by molar-refractivity contribution is -0.125. The van der Waals surface area contributed by atoms with Crippen molar-refractivity contribution >= 4 is 27.3 Å². The summed E-state index contributed by atoms with van der Waals surface area (Å²) in [7, 11) is -3.39. The third kappa shape index (κ3) is 4.07. The van der Waals surface area contributed by atoms with Gasteiger partial charge >= 0.3 is 0 Å². The molecule has 132 valence electrons. The first kappa shape index (κ1) is 17.6. The Bertz CT molecular complexity index is 687. The van der Waals surface area contributed by atoms with Crippen LogP contribution in [0.2, 0.25) is 0 Å². The van der Waals surface area contributed by atoms with Gasteiger partial charge in [-0.15, -0.1) is 11.3 Å². The largest absolute Gasteiger partial charge is 0.352 e. The minimum Gasteiger partial charge on any atom is -0.352 e. The third-order valence-electron chi connectivity index (χ3n) is 4.79. The Hall–Kier alpha value is -1.18. The molecule has 5 nitrogen and oxygen atoms in total. The molecule has 1 aromatic heterocycles. The Morgan fingerprint density at radius 3 is 2.71 bits per heavy atom. The number of amides is 1. The van der Waals surface area contributed by atoms with Gasteiger partial charge in [-0.2, -0.15) is 4.31 Å². The molecule has 0 bridgehead atoms. The minimum atomic E-state index is -3.39. The second-order valence-corrected chi connectivity index (χ2v) is 9.55. The summed E-state index contributed by atoms with van der Waals surface area (Å²) in [5, 5.41) is 4.80. The Morgan fingerprint density at radius 1 is 1.29 bits per heavy atom. The summed E-state index contributed by atoms with van der Waals surface area (Å²) in [5.41, 5.74) is 1.33. The maximum Gasteiger partial charge on any atom is 0.252 e. The van der Waals surface area contributed by atoms with Gasteiger partial charge < -0.3 is 5.32 Å². The fraction of sp³-hybridized carbons (Fsp3) is 0.588. The monoisotopic (exact) mass is 368 g/mol. The molecule has 1 aliphatic carbocycles. The Labute approximate surface area is 147 Å². The molecule has 1 amide bonds. The fourth-order valence-electron chi connectivity index (χ4n) is 3.31. The molecular formula is C17H24N2O3S2. The van der Waals surface area contributed by atoms with Crippen molar-refractivity contribution in [2.45, 2.75) is 42.7 Å². The fourth-order valence-corrected chi connectivity index (χ4v) is 5.92. The van der Waals surface area contributed by atoms with Crippen LogP contribution in [0.3, 0.4) is 0 Å². The average molecular weight is 369 g/mol. The van der Waals surface area contributed by atoms with Crippen molar-refractivity contribution in [1.29, 1.82) is 0 Å². The molecule has 24 heavy (non-hydrogen) atoms. The number of hydrogen-bond donors (Lipinski definition) is 1. The van der Waals surface area contributed by atoms with Crippen LogP contribution in [-0.4, -0.2) is 38.3 Å². The third-order valence-corrected chi connectivity index (χ3v) is 8.06. The molecule has 1 saturated heterocycles. The summed E-state index contributed by atoms with van der Waals surface area (Å²) < 4.78 is 26.9. The zero-order valence-electron chi connectivity index (χ0n) is 13.7. The SMILES string of the molecule is O=C(NCC1=CCCCC1)C1CCN(S(=O)(=O)c2cccs2)CC1. The van der Waals surface area contributed by atoms with Crippen LogP contribution in [0.15, 0.2) is 33.4 Å². The standard InChI is InChI=1S/C17H24N2O3S2/c20-17(18-13-14-5-2-1-3-6-14)15-8-10-19(11-9-15)24(21,22)16-7-4-12-23-16/h4-5,7,12,15H,1-3,6,8-11,13H2,(H,18,20). The second-order valence-electron chi connectivity index (χ2n) is 6.44.